The molecule has 0 heterocycles. The molecule has 0 aliphatic heterocycles. The van der Waals surface area contributed by atoms with Crippen LogP contribution in [0.1, 0.15) is 38.8 Å². The number of aliphatic carboxylic acids is 2. The molecule has 0 unspecified atom stereocenters. The molecular formula is C14H17IO4. The van der Waals surface area contributed by atoms with E-state index in [1.807, 2.05) is 0 Å². The van der Waals surface area contributed by atoms with Gasteiger partial charge in [-0.15, -0.1) is 0 Å². The van der Waals surface area contributed by atoms with Crippen LogP contribution in [-0.4, -0.2) is 22.2 Å². The highest BCUT2D eigenvalue weighted by Gasteiger charge is 2.40. The lowest BCUT2D eigenvalue weighted by molar-refractivity contribution is -0.144. The number of hydrogen-bond donors (Lipinski definition) is 2. The Labute approximate surface area is 126 Å². The van der Waals surface area contributed by atoms with Crippen molar-refractivity contribution in [1.82, 2.24) is 0 Å². The van der Waals surface area contributed by atoms with Gasteiger partial charge in [0.1, 0.15) is 0 Å². The third-order valence-corrected chi connectivity index (χ3v) is 4.28. The highest BCUT2D eigenvalue weighted by molar-refractivity contribution is 14.1. The van der Waals surface area contributed by atoms with Crippen molar-refractivity contribution >= 4 is 34.5 Å². The average molecular weight is 376 g/mol. The van der Waals surface area contributed by atoms with E-state index in [9.17, 15) is 19.8 Å². The van der Waals surface area contributed by atoms with E-state index in [-0.39, 0.29) is 0 Å². The largest absolute Gasteiger partial charge is 0.481 e. The molecule has 1 aromatic rings. The van der Waals surface area contributed by atoms with Crippen molar-refractivity contribution in [2.45, 2.75) is 38.5 Å². The lowest BCUT2D eigenvalue weighted by Crippen LogP contribution is -2.37. The van der Waals surface area contributed by atoms with Gasteiger partial charge in [0.2, 0.25) is 0 Å². The number of benzene rings is 1. The first kappa shape index (κ1) is 15.9. The highest BCUT2D eigenvalue weighted by Crippen LogP contribution is 2.37. The van der Waals surface area contributed by atoms with Crippen LogP contribution in [0.3, 0.4) is 0 Å². The average Bonchev–Trinajstić information content (AvgIpc) is 2.27. The number of carbonyl (C=O) groups is 2. The van der Waals surface area contributed by atoms with Crippen molar-refractivity contribution in [2.24, 2.45) is 0 Å². The molecule has 104 valence electrons. The highest BCUT2D eigenvalue weighted by atomic mass is 127. The summed E-state index contributed by atoms with van der Waals surface area (Å²) in [7, 11) is 0. The second-order valence-electron chi connectivity index (χ2n) is 5.52. The van der Waals surface area contributed by atoms with E-state index in [2.05, 4.69) is 22.6 Å². The van der Waals surface area contributed by atoms with Gasteiger partial charge in [-0.3, -0.25) is 9.59 Å². The van der Waals surface area contributed by atoms with Gasteiger partial charge in [0.25, 0.3) is 0 Å². The zero-order valence-corrected chi connectivity index (χ0v) is 13.5. The third kappa shape index (κ3) is 2.75. The fourth-order valence-electron chi connectivity index (χ4n) is 1.90. The van der Waals surface area contributed by atoms with Gasteiger partial charge >= 0.3 is 11.9 Å². The molecule has 0 aliphatic carbocycles. The number of carboxylic acids is 2. The maximum absolute atomic E-state index is 11.5. The van der Waals surface area contributed by atoms with Crippen LogP contribution in [0.25, 0.3) is 0 Å². The molecule has 0 spiro atoms. The molecule has 4 nitrogen and oxygen atoms in total. The maximum atomic E-state index is 11.5. The van der Waals surface area contributed by atoms with Gasteiger partial charge in [-0.1, -0.05) is 12.1 Å². The first-order valence-electron chi connectivity index (χ1n) is 5.79. The molecule has 0 aliphatic rings. The van der Waals surface area contributed by atoms with E-state index in [1.165, 1.54) is 0 Å². The second kappa shape index (κ2) is 5.11. The fraction of sp³-hybridized carbons (Fsp3) is 0.429. The molecule has 0 saturated heterocycles. The summed E-state index contributed by atoms with van der Waals surface area (Å²) in [5, 5.41) is 18.8. The Bertz CT molecular complexity index is 532. The van der Waals surface area contributed by atoms with E-state index in [4.69, 9.17) is 0 Å². The number of rotatable bonds is 4. The molecular weight excluding hydrogens is 359 g/mol. The standard InChI is InChI=1S/C14H17IO4/c1-13(2,11(16)17)8-6-5-7-9(15)10(8)14(3,4)12(18)19/h5-7H,1-4H3,(H,16,17)(H,18,19). The summed E-state index contributed by atoms with van der Waals surface area (Å²) in [6.07, 6.45) is 0. The van der Waals surface area contributed by atoms with Crippen LogP contribution in [0.2, 0.25) is 0 Å². The molecule has 1 aromatic carbocycles. The van der Waals surface area contributed by atoms with Crippen LogP contribution in [0, 0.1) is 3.57 Å². The Hall–Kier alpha value is -1.11. The fourth-order valence-corrected chi connectivity index (χ4v) is 3.07. The Morgan fingerprint density at radius 2 is 1.47 bits per heavy atom. The van der Waals surface area contributed by atoms with Gasteiger partial charge in [0.15, 0.2) is 0 Å². The zero-order chi connectivity index (χ0) is 15.0. The molecule has 2 N–H and O–H groups in total. The van der Waals surface area contributed by atoms with E-state index in [0.717, 1.165) is 3.57 Å². The molecule has 0 atom stereocenters. The Balaban J connectivity index is 3.66. The van der Waals surface area contributed by atoms with Gasteiger partial charge < -0.3 is 10.2 Å². The molecule has 0 aromatic heterocycles. The van der Waals surface area contributed by atoms with Gasteiger partial charge in [0.05, 0.1) is 10.8 Å². The van der Waals surface area contributed by atoms with Crippen molar-refractivity contribution in [1.29, 1.82) is 0 Å². The number of hydrogen-bond acceptors (Lipinski definition) is 2. The number of halogens is 1. The summed E-state index contributed by atoms with van der Waals surface area (Å²) in [4.78, 5) is 22.9. The number of carboxylic acid groups (broad SMARTS) is 2. The monoisotopic (exact) mass is 376 g/mol. The van der Waals surface area contributed by atoms with Crippen LogP contribution >= 0.6 is 22.6 Å². The minimum Gasteiger partial charge on any atom is -0.481 e. The first-order chi connectivity index (χ1) is 8.52. The summed E-state index contributed by atoms with van der Waals surface area (Å²) in [6, 6.07) is 5.24. The summed E-state index contributed by atoms with van der Waals surface area (Å²) in [6.45, 7) is 6.35. The second-order valence-corrected chi connectivity index (χ2v) is 6.68. The van der Waals surface area contributed by atoms with Gasteiger partial charge in [-0.25, -0.2) is 0 Å². The van der Waals surface area contributed by atoms with E-state index in [0.29, 0.717) is 11.1 Å². The predicted octanol–water partition coefficient (Wildman–Crippen LogP) is 3.02. The maximum Gasteiger partial charge on any atom is 0.313 e. The normalized spacial score (nSPS) is 12.3. The van der Waals surface area contributed by atoms with Crippen LogP contribution in [0.4, 0.5) is 0 Å². The Morgan fingerprint density at radius 3 is 1.89 bits per heavy atom. The molecule has 1 rings (SSSR count). The molecule has 0 fully saturated rings. The van der Waals surface area contributed by atoms with Gasteiger partial charge in [0, 0.05) is 3.57 Å². The molecule has 0 saturated carbocycles. The first-order valence-corrected chi connectivity index (χ1v) is 6.87. The van der Waals surface area contributed by atoms with Crippen LogP contribution in [0.15, 0.2) is 18.2 Å². The van der Waals surface area contributed by atoms with Crippen LogP contribution in [0.5, 0.6) is 0 Å². The van der Waals surface area contributed by atoms with Gasteiger partial charge in [-0.2, -0.15) is 0 Å². The van der Waals surface area contributed by atoms with Crippen LogP contribution in [-0.2, 0) is 20.4 Å². The third-order valence-electron chi connectivity index (χ3n) is 3.38. The minimum absolute atomic E-state index is 0.541. The molecule has 19 heavy (non-hydrogen) atoms. The van der Waals surface area contributed by atoms with E-state index >= 15 is 0 Å². The summed E-state index contributed by atoms with van der Waals surface area (Å²) in [5.41, 5.74) is -1.17. The lowest BCUT2D eigenvalue weighted by Gasteiger charge is -2.30. The zero-order valence-electron chi connectivity index (χ0n) is 11.3. The molecule has 0 bridgehead atoms. The smallest absolute Gasteiger partial charge is 0.313 e. The van der Waals surface area contributed by atoms with Gasteiger partial charge in [-0.05, 0) is 67.5 Å². The quantitative estimate of drug-likeness (QED) is 0.793. The van der Waals surface area contributed by atoms with Crippen molar-refractivity contribution in [3.63, 3.8) is 0 Å². The summed E-state index contributed by atoms with van der Waals surface area (Å²) >= 11 is 2.05. The predicted molar refractivity (Wildman–Crippen MR) is 80.5 cm³/mol. The van der Waals surface area contributed by atoms with Crippen LogP contribution < -0.4 is 0 Å². The SMILES string of the molecule is CC(C)(C(=O)O)c1cccc(I)c1C(C)(C)C(=O)O. The summed E-state index contributed by atoms with van der Waals surface area (Å²) in [5.74, 6) is -1.95. The van der Waals surface area contributed by atoms with E-state index < -0.39 is 22.8 Å². The van der Waals surface area contributed by atoms with Crippen molar-refractivity contribution in [3.8, 4) is 0 Å². The van der Waals surface area contributed by atoms with Crippen molar-refractivity contribution < 1.29 is 19.8 Å². The lowest BCUT2D eigenvalue weighted by atomic mass is 9.73. The summed E-state index contributed by atoms with van der Waals surface area (Å²) < 4.78 is 0.761. The molecule has 0 radical (unpaired) electrons. The Morgan fingerprint density at radius 1 is 1.00 bits per heavy atom. The topological polar surface area (TPSA) is 74.6 Å². The van der Waals surface area contributed by atoms with E-state index in [1.54, 1.807) is 45.9 Å². The Kier molecular flexibility index (Phi) is 4.29. The van der Waals surface area contributed by atoms with Crippen molar-refractivity contribution in [3.05, 3.63) is 32.9 Å². The molecule has 0 amide bonds. The van der Waals surface area contributed by atoms with Crippen molar-refractivity contribution in [2.75, 3.05) is 0 Å². The molecule has 5 heteroatoms. The minimum atomic E-state index is -1.14.